The summed E-state index contributed by atoms with van der Waals surface area (Å²) in [5.74, 6) is 0.941. The van der Waals surface area contributed by atoms with Crippen LogP contribution in [0.15, 0.2) is 57.8 Å². The molecule has 0 aliphatic rings. The number of carbonyl (C=O) groups is 1. The standard InChI is InChI=1S/C23H27N3O5S/c1-15-6-12-19(13-7-15)32(28,29)26-18-10-8-17(9-11-18)21-25-20(16(2)30-21)14-24-22(27)31-23(3,4)5/h6-13,26H,14H2,1-5H3,(H,24,27). The molecule has 0 atom stereocenters. The number of benzene rings is 2. The predicted molar refractivity (Wildman–Crippen MR) is 122 cm³/mol. The molecule has 0 radical (unpaired) electrons. The van der Waals surface area contributed by atoms with Crippen LogP contribution in [0.25, 0.3) is 11.5 Å². The quantitative estimate of drug-likeness (QED) is 0.551. The van der Waals surface area contributed by atoms with E-state index in [4.69, 9.17) is 9.15 Å². The third-order valence-corrected chi connectivity index (χ3v) is 5.80. The third kappa shape index (κ3) is 6.10. The zero-order valence-corrected chi connectivity index (χ0v) is 19.5. The van der Waals surface area contributed by atoms with Crippen molar-refractivity contribution in [3.05, 3.63) is 65.5 Å². The van der Waals surface area contributed by atoms with Crippen LogP contribution in [0.5, 0.6) is 0 Å². The van der Waals surface area contributed by atoms with Crippen LogP contribution in [0.4, 0.5) is 10.5 Å². The van der Waals surface area contributed by atoms with E-state index in [1.54, 1.807) is 76.2 Å². The van der Waals surface area contributed by atoms with Crippen LogP contribution in [0.1, 0.15) is 37.8 Å². The number of amides is 1. The number of hydrogen-bond acceptors (Lipinski definition) is 6. The Morgan fingerprint density at radius 2 is 1.66 bits per heavy atom. The number of nitrogens with one attached hydrogen (secondary N) is 2. The van der Waals surface area contributed by atoms with Crippen LogP contribution in [0.3, 0.4) is 0 Å². The summed E-state index contributed by atoms with van der Waals surface area (Å²) in [6.07, 6.45) is -0.535. The number of hydrogen-bond donors (Lipinski definition) is 2. The van der Waals surface area contributed by atoms with E-state index >= 15 is 0 Å². The lowest BCUT2D eigenvalue weighted by atomic mass is 10.2. The number of rotatable bonds is 6. The Balaban J connectivity index is 1.68. The van der Waals surface area contributed by atoms with Crippen LogP contribution in [0, 0.1) is 13.8 Å². The van der Waals surface area contributed by atoms with Crippen molar-refractivity contribution in [3.8, 4) is 11.5 Å². The Kier molecular flexibility index (Phi) is 6.59. The van der Waals surface area contributed by atoms with Crippen LogP contribution >= 0.6 is 0 Å². The molecular weight excluding hydrogens is 430 g/mol. The molecule has 0 aliphatic heterocycles. The van der Waals surface area contributed by atoms with Crippen LogP contribution < -0.4 is 10.0 Å². The minimum atomic E-state index is -3.68. The zero-order valence-electron chi connectivity index (χ0n) is 18.7. The first-order valence-corrected chi connectivity index (χ1v) is 11.5. The SMILES string of the molecule is Cc1ccc(S(=O)(=O)Nc2ccc(-c3nc(CNC(=O)OC(C)(C)C)c(C)o3)cc2)cc1. The molecule has 3 aromatic rings. The number of oxazole rings is 1. The maximum atomic E-state index is 12.5. The Bertz CT molecular complexity index is 1190. The van der Waals surface area contributed by atoms with Gasteiger partial charge in [-0.25, -0.2) is 18.2 Å². The lowest BCUT2D eigenvalue weighted by Crippen LogP contribution is -2.32. The molecular formula is C23H27N3O5S. The number of aryl methyl sites for hydroxylation is 2. The number of nitrogens with zero attached hydrogens (tertiary/aromatic N) is 1. The number of ether oxygens (including phenoxy) is 1. The fourth-order valence-corrected chi connectivity index (χ4v) is 3.86. The van der Waals surface area contributed by atoms with Crippen molar-refractivity contribution in [2.24, 2.45) is 0 Å². The van der Waals surface area contributed by atoms with E-state index in [0.29, 0.717) is 28.6 Å². The lowest BCUT2D eigenvalue weighted by Gasteiger charge is -2.19. The molecule has 0 unspecified atom stereocenters. The second kappa shape index (κ2) is 9.04. The average Bonchev–Trinajstić information content (AvgIpc) is 3.06. The van der Waals surface area contributed by atoms with E-state index in [0.717, 1.165) is 5.56 Å². The molecule has 0 fully saturated rings. The van der Waals surface area contributed by atoms with E-state index in [2.05, 4.69) is 15.0 Å². The van der Waals surface area contributed by atoms with Gasteiger partial charge in [-0.1, -0.05) is 17.7 Å². The van der Waals surface area contributed by atoms with Gasteiger partial charge in [-0.2, -0.15) is 0 Å². The fraction of sp³-hybridized carbons (Fsp3) is 0.304. The van der Waals surface area contributed by atoms with Gasteiger partial charge in [0.15, 0.2) is 0 Å². The van der Waals surface area contributed by atoms with Gasteiger partial charge in [0.05, 0.1) is 11.4 Å². The summed E-state index contributed by atoms with van der Waals surface area (Å²) in [4.78, 5) is 16.5. The molecule has 1 aromatic heterocycles. The minimum absolute atomic E-state index is 0.165. The maximum absolute atomic E-state index is 12.5. The van der Waals surface area contributed by atoms with E-state index in [9.17, 15) is 13.2 Å². The predicted octanol–water partition coefficient (Wildman–Crippen LogP) is 4.78. The second-order valence-electron chi connectivity index (χ2n) is 8.37. The van der Waals surface area contributed by atoms with Gasteiger partial charge in [0.25, 0.3) is 10.0 Å². The fourth-order valence-electron chi connectivity index (χ4n) is 2.80. The second-order valence-corrected chi connectivity index (χ2v) is 10.1. The van der Waals surface area contributed by atoms with Crippen molar-refractivity contribution in [2.75, 3.05) is 4.72 Å². The molecule has 0 saturated heterocycles. The summed E-state index contributed by atoms with van der Waals surface area (Å²) >= 11 is 0. The van der Waals surface area contributed by atoms with Crippen molar-refractivity contribution < 1.29 is 22.4 Å². The van der Waals surface area contributed by atoms with Gasteiger partial charge in [0.1, 0.15) is 17.1 Å². The Morgan fingerprint density at radius 1 is 1.03 bits per heavy atom. The zero-order chi connectivity index (χ0) is 23.5. The van der Waals surface area contributed by atoms with Gasteiger partial charge in [-0.15, -0.1) is 0 Å². The van der Waals surface area contributed by atoms with Gasteiger partial charge in [-0.3, -0.25) is 4.72 Å². The molecule has 32 heavy (non-hydrogen) atoms. The highest BCUT2D eigenvalue weighted by molar-refractivity contribution is 7.92. The number of aromatic nitrogens is 1. The van der Waals surface area contributed by atoms with E-state index in [-0.39, 0.29) is 11.4 Å². The average molecular weight is 458 g/mol. The summed E-state index contributed by atoms with van der Waals surface area (Å²) in [6, 6.07) is 13.3. The number of alkyl carbamates (subject to hydrolysis) is 1. The summed E-state index contributed by atoms with van der Waals surface area (Å²) in [7, 11) is -3.68. The molecule has 2 aromatic carbocycles. The van der Waals surface area contributed by atoms with Gasteiger partial charge in [-0.05, 0) is 71.0 Å². The molecule has 3 rings (SSSR count). The first-order valence-electron chi connectivity index (χ1n) is 10.1. The topological polar surface area (TPSA) is 111 Å². The van der Waals surface area contributed by atoms with Gasteiger partial charge in [0.2, 0.25) is 5.89 Å². The molecule has 1 heterocycles. The molecule has 8 nitrogen and oxygen atoms in total. The van der Waals surface area contributed by atoms with Gasteiger partial charge >= 0.3 is 6.09 Å². The van der Waals surface area contributed by atoms with Crippen molar-refractivity contribution >= 4 is 21.8 Å². The molecule has 170 valence electrons. The highest BCUT2D eigenvalue weighted by atomic mass is 32.2. The molecule has 0 spiro atoms. The Morgan fingerprint density at radius 3 is 2.25 bits per heavy atom. The largest absolute Gasteiger partial charge is 0.444 e. The Labute approximate surface area is 188 Å². The monoisotopic (exact) mass is 457 g/mol. The minimum Gasteiger partial charge on any atom is -0.444 e. The van der Waals surface area contributed by atoms with E-state index in [1.807, 2.05) is 6.92 Å². The molecule has 1 amide bonds. The van der Waals surface area contributed by atoms with Gasteiger partial charge in [0, 0.05) is 11.3 Å². The summed E-state index contributed by atoms with van der Waals surface area (Å²) in [5, 5.41) is 2.65. The summed E-state index contributed by atoms with van der Waals surface area (Å²) in [6.45, 7) is 9.18. The van der Waals surface area contributed by atoms with Crippen molar-refractivity contribution in [1.29, 1.82) is 0 Å². The van der Waals surface area contributed by atoms with E-state index < -0.39 is 21.7 Å². The normalized spacial score (nSPS) is 11.8. The van der Waals surface area contributed by atoms with Crippen LogP contribution in [-0.2, 0) is 21.3 Å². The van der Waals surface area contributed by atoms with Crippen molar-refractivity contribution in [2.45, 2.75) is 51.7 Å². The molecule has 0 aliphatic carbocycles. The van der Waals surface area contributed by atoms with Crippen LogP contribution in [0.2, 0.25) is 0 Å². The molecule has 0 saturated carbocycles. The van der Waals surface area contributed by atoms with E-state index in [1.165, 1.54) is 0 Å². The number of sulfonamides is 1. The molecule has 9 heteroatoms. The third-order valence-electron chi connectivity index (χ3n) is 4.41. The lowest BCUT2D eigenvalue weighted by molar-refractivity contribution is 0.0523. The summed E-state index contributed by atoms with van der Waals surface area (Å²) < 4.78 is 38.6. The highest BCUT2D eigenvalue weighted by Crippen LogP contribution is 2.24. The van der Waals surface area contributed by atoms with Gasteiger partial charge < -0.3 is 14.5 Å². The maximum Gasteiger partial charge on any atom is 0.407 e. The van der Waals surface area contributed by atoms with Crippen molar-refractivity contribution in [1.82, 2.24) is 10.3 Å². The van der Waals surface area contributed by atoms with Crippen molar-refractivity contribution in [3.63, 3.8) is 0 Å². The first kappa shape index (κ1) is 23.3. The van der Waals surface area contributed by atoms with Crippen LogP contribution in [-0.4, -0.2) is 25.1 Å². The molecule has 0 bridgehead atoms. The number of anilines is 1. The highest BCUT2D eigenvalue weighted by Gasteiger charge is 2.18. The number of carbonyl (C=O) groups excluding carboxylic acids is 1. The smallest absolute Gasteiger partial charge is 0.407 e. The first-order chi connectivity index (χ1) is 14.9. The molecule has 2 N–H and O–H groups in total. The Hall–Kier alpha value is -3.33. The summed E-state index contributed by atoms with van der Waals surface area (Å²) in [5.41, 5.74) is 2.07.